The summed E-state index contributed by atoms with van der Waals surface area (Å²) >= 11 is 0. The molecule has 0 bridgehead atoms. The number of hydrogen-bond acceptors (Lipinski definition) is 7. The number of halogens is 3. The quantitative estimate of drug-likeness (QED) is 0.394. The van der Waals surface area contributed by atoms with Gasteiger partial charge in [-0.3, -0.25) is 9.59 Å². The molecule has 1 fully saturated rings. The van der Waals surface area contributed by atoms with Gasteiger partial charge in [0.05, 0.1) is 12.5 Å². The maximum atomic E-state index is 15.1. The molecule has 1 aliphatic heterocycles. The highest BCUT2D eigenvalue weighted by atomic mass is 19.3. The van der Waals surface area contributed by atoms with E-state index in [4.69, 9.17) is 14.2 Å². The standard InChI is InChI=1S/C16H21F3O7/c1-9(2)13(22)23-6-12-7-24-15(8-17,26-11(4)21)16(18,19)14(12,5)25-10(3)20/h12H,1,6-8H2,2-5H3. The van der Waals surface area contributed by atoms with Crippen LogP contribution in [0.3, 0.4) is 0 Å². The number of hydrogen-bond donors (Lipinski definition) is 0. The zero-order valence-corrected chi connectivity index (χ0v) is 14.9. The number of rotatable bonds is 6. The summed E-state index contributed by atoms with van der Waals surface area (Å²) in [4.78, 5) is 34.1. The zero-order valence-electron chi connectivity index (χ0n) is 14.9. The minimum Gasteiger partial charge on any atom is -0.462 e. The molecular formula is C16H21F3O7. The maximum absolute atomic E-state index is 15.1. The van der Waals surface area contributed by atoms with Gasteiger partial charge in [-0.25, -0.2) is 9.18 Å². The second-order valence-electron chi connectivity index (χ2n) is 6.14. The van der Waals surface area contributed by atoms with Crippen LogP contribution in [0.4, 0.5) is 13.2 Å². The van der Waals surface area contributed by atoms with E-state index >= 15 is 8.78 Å². The molecule has 0 N–H and O–H groups in total. The Kier molecular flexibility index (Phi) is 6.45. The Hall–Kier alpha value is -2.10. The molecule has 1 heterocycles. The number of carbonyl (C=O) groups is 3. The Labute approximate surface area is 148 Å². The molecule has 0 spiro atoms. The van der Waals surface area contributed by atoms with E-state index in [0.29, 0.717) is 0 Å². The fraction of sp³-hybridized carbons (Fsp3) is 0.688. The van der Waals surface area contributed by atoms with E-state index in [2.05, 4.69) is 11.3 Å². The minimum absolute atomic E-state index is 0.0284. The van der Waals surface area contributed by atoms with Gasteiger partial charge in [0.15, 0.2) is 12.3 Å². The van der Waals surface area contributed by atoms with Gasteiger partial charge in [-0.1, -0.05) is 6.58 Å². The van der Waals surface area contributed by atoms with Crippen molar-refractivity contribution in [1.29, 1.82) is 0 Å². The lowest BCUT2D eigenvalue weighted by atomic mass is 9.77. The minimum atomic E-state index is -4.29. The van der Waals surface area contributed by atoms with Crippen molar-refractivity contribution in [1.82, 2.24) is 0 Å². The van der Waals surface area contributed by atoms with Crippen molar-refractivity contribution >= 4 is 17.9 Å². The highest BCUT2D eigenvalue weighted by Gasteiger charge is 2.75. The van der Waals surface area contributed by atoms with Gasteiger partial charge in [0, 0.05) is 19.4 Å². The van der Waals surface area contributed by atoms with Crippen LogP contribution in [0.15, 0.2) is 12.2 Å². The monoisotopic (exact) mass is 382 g/mol. The number of carbonyl (C=O) groups excluding carboxylic acids is 3. The first-order chi connectivity index (χ1) is 11.8. The summed E-state index contributed by atoms with van der Waals surface area (Å²) in [5.74, 6) is -12.1. The summed E-state index contributed by atoms with van der Waals surface area (Å²) < 4.78 is 62.7. The Morgan fingerprint density at radius 1 is 1.15 bits per heavy atom. The molecule has 0 amide bonds. The summed E-state index contributed by atoms with van der Waals surface area (Å²) in [7, 11) is 0. The first-order valence-electron chi connectivity index (χ1n) is 7.62. The average molecular weight is 382 g/mol. The van der Waals surface area contributed by atoms with Gasteiger partial charge >= 0.3 is 29.6 Å². The van der Waals surface area contributed by atoms with Crippen LogP contribution in [0.2, 0.25) is 0 Å². The molecule has 10 heteroatoms. The second-order valence-corrected chi connectivity index (χ2v) is 6.14. The van der Waals surface area contributed by atoms with E-state index in [0.717, 1.165) is 20.8 Å². The van der Waals surface area contributed by atoms with E-state index < -0.39 is 61.0 Å². The van der Waals surface area contributed by atoms with E-state index in [-0.39, 0.29) is 5.57 Å². The SMILES string of the molecule is C=C(C)C(=O)OCC1COC(CF)(OC(C)=O)C(F)(F)C1(C)OC(C)=O. The summed E-state index contributed by atoms with van der Waals surface area (Å²) in [6, 6.07) is 0. The van der Waals surface area contributed by atoms with Crippen LogP contribution in [0.25, 0.3) is 0 Å². The molecular weight excluding hydrogens is 361 g/mol. The van der Waals surface area contributed by atoms with Gasteiger partial charge < -0.3 is 18.9 Å². The summed E-state index contributed by atoms with van der Waals surface area (Å²) in [6.45, 7) is 4.12. The van der Waals surface area contributed by atoms with Crippen molar-refractivity contribution in [2.75, 3.05) is 19.9 Å². The first kappa shape index (κ1) is 21.9. The van der Waals surface area contributed by atoms with Crippen molar-refractivity contribution in [3.05, 3.63) is 12.2 Å². The summed E-state index contributed by atoms with van der Waals surface area (Å²) in [5.41, 5.74) is -2.64. The van der Waals surface area contributed by atoms with Crippen molar-refractivity contribution in [2.24, 2.45) is 5.92 Å². The van der Waals surface area contributed by atoms with Crippen molar-refractivity contribution < 1.29 is 46.5 Å². The first-order valence-corrected chi connectivity index (χ1v) is 7.62. The van der Waals surface area contributed by atoms with Crippen molar-refractivity contribution in [3.8, 4) is 0 Å². The Balaban J connectivity index is 3.28. The molecule has 1 rings (SSSR count). The molecule has 3 unspecified atom stereocenters. The van der Waals surface area contributed by atoms with Crippen LogP contribution in [0, 0.1) is 5.92 Å². The van der Waals surface area contributed by atoms with Gasteiger partial charge in [0.2, 0.25) is 0 Å². The molecule has 1 aliphatic rings. The highest BCUT2D eigenvalue weighted by Crippen LogP contribution is 2.51. The molecule has 0 aromatic carbocycles. The average Bonchev–Trinajstić information content (AvgIpc) is 2.50. The Bertz CT molecular complexity index is 607. The van der Waals surface area contributed by atoms with Crippen LogP contribution >= 0.6 is 0 Å². The highest BCUT2D eigenvalue weighted by molar-refractivity contribution is 5.86. The number of ether oxygens (including phenoxy) is 4. The van der Waals surface area contributed by atoms with E-state index in [1.165, 1.54) is 6.92 Å². The molecule has 0 aliphatic carbocycles. The summed E-state index contributed by atoms with van der Waals surface area (Å²) in [6.07, 6.45) is 0. The van der Waals surface area contributed by atoms with Crippen LogP contribution in [0.1, 0.15) is 27.7 Å². The van der Waals surface area contributed by atoms with Crippen molar-refractivity contribution in [3.63, 3.8) is 0 Å². The van der Waals surface area contributed by atoms with E-state index in [9.17, 15) is 18.8 Å². The lowest BCUT2D eigenvalue weighted by molar-refractivity contribution is -0.407. The van der Waals surface area contributed by atoms with E-state index in [1.807, 2.05) is 0 Å². The number of esters is 3. The molecule has 26 heavy (non-hydrogen) atoms. The van der Waals surface area contributed by atoms with Crippen LogP contribution in [-0.4, -0.2) is 55.1 Å². The van der Waals surface area contributed by atoms with Gasteiger partial charge in [-0.2, -0.15) is 8.78 Å². The largest absolute Gasteiger partial charge is 0.462 e. The van der Waals surface area contributed by atoms with Crippen LogP contribution < -0.4 is 0 Å². The topological polar surface area (TPSA) is 88.1 Å². The molecule has 7 nitrogen and oxygen atoms in total. The van der Waals surface area contributed by atoms with Gasteiger partial charge in [-0.15, -0.1) is 0 Å². The normalized spacial score (nSPS) is 30.2. The maximum Gasteiger partial charge on any atom is 0.353 e. The molecule has 3 atom stereocenters. The molecule has 0 aromatic heterocycles. The predicted molar refractivity (Wildman–Crippen MR) is 80.8 cm³/mol. The molecule has 0 aromatic rings. The molecule has 148 valence electrons. The van der Waals surface area contributed by atoms with Crippen LogP contribution in [-0.2, 0) is 33.3 Å². The lowest BCUT2D eigenvalue weighted by Crippen LogP contribution is -2.73. The zero-order chi connectivity index (χ0) is 20.3. The third kappa shape index (κ3) is 3.84. The molecule has 0 saturated carbocycles. The Morgan fingerprint density at radius 2 is 1.69 bits per heavy atom. The molecule has 1 saturated heterocycles. The fourth-order valence-corrected chi connectivity index (χ4v) is 2.55. The third-order valence-corrected chi connectivity index (χ3v) is 4.00. The van der Waals surface area contributed by atoms with Gasteiger partial charge in [0.1, 0.15) is 6.61 Å². The van der Waals surface area contributed by atoms with E-state index in [1.54, 1.807) is 0 Å². The molecule has 0 radical (unpaired) electrons. The van der Waals surface area contributed by atoms with Crippen LogP contribution in [0.5, 0.6) is 0 Å². The van der Waals surface area contributed by atoms with Gasteiger partial charge in [-0.05, 0) is 13.8 Å². The summed E-state index contributed by atoms with van der Waals surface area (Å²) in [5, 5.41) is 0. The number of alkyl halides is 3. The third-order valence-electron chi connectivity index (χ3n) is 4.00. The predicted octanol–water partition coefficient (Wildman–Crippen LogP) is 1.94. The lowest BCUT2D eigenvalue weighted by Gasteiger charge is -2.52. The second kappa shape index (κ2) is 7.65. The van der Waals surface area contributed by atoms with Gasteiger partial charge in [0.25, 0.3) is 0 Å². The smallest absolute Gasteiger partial charge is 0.353 e. The Morgan fingerprint density at radius 3 is 2.12 bits per heavy atom. The van der Waals surface area contributed by atoms with Crippen molar-refractivity contribution in [2.45, 2.75) is 45.0 Å². The fourth-order valence-electron chi connectivity index (χ4n) is 2.55.